The molecule has 0 saturated carbocycles. The second-order valence-corrected chi connectivity index (χ2v) is 14.5. The van der Waals surface area contributed by atoms with Gasteiger partial charge in [0.2, 0.25) is 23.6 Å². The maximum absolute atomic E-state index is 15.0. The van der Waals surface area contributed by atoms with E-state index in [1.807, 2.05) is 55.7 Å². The summed E-state index contributed by atoms with van der Waals surface area (Å²) in [5, 5.41) is 17.6. The van der Waals surface area contributed by atoms with E-state index in [9.17, 15) is 37.9 Å². The molecule has 0 fully saturated rings. The van der Waals surface area contributed by atoms with Gasteiger partial charge < -0.3 is 41.0 Å². The van der Waals surface area contributed by atoms with Crippen molar-refractivity contribution < 1.29 is 42.6 Å². The van der Waals surface area contributed by atoms with Crippen LogP contribution in [0.25, 0.3) is 11.1 Å². The Morgan fingerprint density at radius 2 is 1.66 bits per heavy atom. The molecule has 288 valence electrons. The normalized spacial score (nSPS) is 13.0. The Kier molecular flexibility index (Phi) is 16.1. The molecule has 3 atom stereocenters. The van der Waals surface area contributed by atoms with Crippen LogP contribution in [0.3, 0.4) is 0 Å². The predicted octanol–water partition coefficient (Wildman–Crippen LogP) is 2.78. The number of carbonyl (C=O) groups is 5. The average molecular weight is 806 g/mol. The minimum Gasteiger partial charge on any atom is -0.468 e. The largest absolute Gasteiger partial charge is 0.468 e. The van der Waals surface area contributed by atoms with Crippen molar-refractivity contribution in [2.75, 3.05) is 39.9 Å². The molecule has 1 unspecified atom stereocenters. The highest BCUT2D eigenvalue weighted by Crippen LogP contribution is 2.41. The topological polar surface area (TPSA) is 185 Å². The highest BCUT2D eigenvalue weighted by Gasteiger charge is 2.37. The van der Waals surface area contributed by atoms with Crippen molar-refractivity contribution in [2.24, 2.45) is 11.1 Å². The fraction of sp³-hybridized carbons (Fsp3) is 0.432. The number of rotatable bonds is 18. The lowest BCUT2D eigenvalue weighted by atomic mass is 9.82. The number of hydrogen-bond donors (Lipinski definition) is 5. The van der Waals surface area contributed by atoms with E-state index in [0.29, 0.717) is 17.8 Å². The first-order valence-electron chi connectivity index (χ1n) is 16.9. The Hall–Kier alpha value is -4.67. The van der Waals surface area contributed by atoms with Gasteiger partial charge >= 0.3 is 5.97 Å². The van der Waals surface area contributed by atoms with Crippen LogP contribution in [0.1, 0.15) is 50.9 Å². The van der Waals surface area contributed by atoms with E-state index >= 15 is 0 Å². The maximum Gasteiger partial charge on any atom is 0.319 e. The van der Waals surface area contributed by atoms with E-state index in [0.717, 1.165) is 23.8 Å². The number of aliphatic hydroxyl groups is 1. The third kappa shape index (κ3) is 12.8. The molecule has 2 aromatic carbocycles. The van der Waals surface area contributed by atoms with Crippen LogP contribution in [0, 0.1) is 17.0 Å². The van der Waals surface area contributed by atoms with Gasteiger partial charge in [0, 0.05) is 55.6 Å². The summed E-state index contributed by atoms with van der Waals surface area (Å²) in [7, 11) is 1.19. The minimum atomic E-state index is -1.07. The van der Waals surface area contributed by atoms with Crippen molar-refractivity contribution in [2.45, 2.75) is 57.1 Å². The van der Waals surface area contributed by atoms with Crippen LogP contribution in [-0.2, 0) is 35.3 Å². The van der Waals surface area contributed by atoms with Crippen molar-refractivity contribution in [1.82, 2.24) is 25.4 Å². The van der Waals surface area contributed by atoms with Crippen LogP contribution in [0.5, 0.6) is 0 Å². The van der Waals surface area contributed by atoms with Crippen LogP contribution in [0.2, 0.25) is 0 Å². The number of carbonyl (C=O) groups excluding carboxylic acids is 5. The first-order valence-corrected chi connectivity index (χ1v) is 17.9. The summed E-state index contributed by atoms with van der Waals surface area (Å²) in [5.74, 6) is -4.07. The first-order chi connectivity index (χ1) is 25.0. The fourth-order valence-electron chi connectivity index (χ4n) is 5.72. The molecule has 53 heavy (non-hydrogen) atoms. The van der Waals surface area contributed by atoms with E-state index in [2.05, 4.69) is 36.6 Å². The molecule has 4 amide bonds. The summed E-state index contributed by atoms with van der Waals surface area (Å²) in [6.07, 6.45) is 1.49. The lowest BCUT2D eigenvalue weighted by molar-refractivity contribution is -0.141. The monoisotopic (exact) mass is 804 g/mol. The van der Waals surface area contributed by atoms with E-state index < -0.39 is 70.2 Å². The molecule has 0 radical (unpaired) electrons. The van der Waals surface area contributed by atoms with E-state index in [1.54, 1.807) is 12.3 Å². The Labute approximate surface area is 315 Å². The average Bonchev–Trinajstić information content (AvgIpc) is 3.52. The molecule has 1 heterocycles. The van der Waals surface area contributed by atoms with E-state index in [4.69, 9.17) is 5.73 Å². The molecule has 0 aliphatic rings. The molecule has 0 spiro atoms. The van der Waals surface area contributed by atoms with Crippen molar-refractivity contribution in [3.63, 3.8) is 0 Å². The number of benzene rings is 2. The third-order valence-corrected chi connectivity index (χ3v) is 8.96. The molecule has 0 saturated heterocycles. The molecular weight excluding hydrogens is 758 g/mol. The molecule has 6 N–H and O–H groups in total. The van der Waals surface area contributed by atoms with Crippen molar-refractivity contribution in [3.05, 3.63) is 83.7 Å². The smallest absolute Gasteiger partial charge is 0.319 e. The number of amides is 4. The number of methoxy groups -OCH3 is 1. The van der Waals surface area contributed by atoms with Crippen LogP contribution in [0.15, 0.2) is 60.8 Å². The maximum atomic E-state index is 15.0. The summed E-state index contributed by atoms with van der Waals surface area (Å²) >= 11 is 3.03. The third-order valence-electron chi connectivity index (χ3n) is 8.26. The number of aliphatic hydroxyl groups excluding tert-OH is 1. The molecule has 0 aliphatic carbocycles. The van der Waals surface area contributed by atoms with Gasteiger partial charge in [-0.15, -0.1) is 0 Å². The number of halogens is 3. The summed E-state index contributed by atoms with van der Waals surface area (Å²) < 4.78 is 35.7. The second kappa shape index (κ2) is 20.0. The highest BCUT2D eigenvalue weighted by molar-refractivity contribution is 9.10. The number of nitrogens with two attached hydrogens (primary N) is 1. The molecule has 3 rings (SSSR count). The van der Waals surface area contributed by atoms with Gasteiger partial charge in [0.25, 0.3) is 0 Å². The first kappa shape index (κ1) is 42.7. The van der Waals surface area contributed by atoms with Crippen molar-refractivity contribution in [3.8, 4) is 11.1 Å². The van der Waals surface area contributed by atoms with Gasteiger partial charge in [-0.25, -0.2) is 8.78 Å². The van der Waals surface area contributed by atoms with E-state index in [1.165, 1.54) is 12.0 Å². The van der Waals surface area contributed by atoms with Gasteiger partial charge in [-0.1, -0.05) is 67.0 Å². The number of nitrogens with zero attached hydrogens (tertiary/aromatic N) is 2. The number of aromatic nitrogens is 1. The van der Waals surface area contributed by atoms with Gasteiger partial charge in [0.05, 0.1) is 25.7 Å². The van der Waals surface area contributed by atoms with Crippen molar-refractivity contribution in [1.29, 1.82) is 0 Å². The lowest BCUT2D eigenvalue weighted by Gasteiger charge is -2.41. The number of hydrogen-bond acceptors (Lipinski definition) is 8. The SMILES string of the molecule is COC(=O)C(Br)CC(=O)NCC(=O)NCCNC(=O)[C@@H](N)CCN(C(=O)CO)[C@@H](c1cc(-c2cc(F)ccc2F)cn1Cc1ccccc1)C(C)(C)C. The number of ether oxygens (including phenoxy) is 1. The minimum absolute atomic E-state index is 0.00740. The van der Waals surface area contributed by atoms with Gasteiger partial charge in [-0.3, -0.25) is 24.0 Å². The summed E-state index contributed by atoms with van der Waals surface area (Å²) in [6, 6.07) is 12.6. The van der Waals surface area contributed by atoms with Crippen LogP contribution in [0.4, 0.5) is 8.78 Å². The Morgan fingerprint density at radius 1 is 0.981 bits per heavy atom. The standard InChI is InChI=1S/C37H47BrF2N6O7/c1-37(2,3)34(30-16-24(26-17-25(39)10-11-28(26)40)21-45(30)20-23-8-6-5-7-9-23)46(33(50)22-47)15-12-29(41)35(51)43-14-13-42-32(49)19-44-31(48)18-27(38)36(52)53-4/h5-11,16-17,21,27,29,34,47H,12-15,18-20,22,41H2,1-4H3,(H,42,49)(H,43,51)(H,44,48)/t27?,29-,34-/m0/s1. The fourth-order valence-corrected chi connectivity index (χ4v) is 6.20. The Bertz CT molecular complexity index is 1730. The quantitative estimate of drug-likeness (QED) is 0.0739. The summed E-state index contributed by atoms with van der Waals surface area (Å²) in [4.78, 5) is 62.3. The summed E-state index contributed by atoms with van der Waals surface area (Å²) in [6.45, 7) is 4.93. The number of nitrogens with one attached hydrogen (secondary N) is 3. The van der Waals surface area contributed by atoms with Crippen molar-refractivity contribution >= 4 is 45.5 Å². The van der Waals surface area contributed by atoms with Crippen LogP contribution < -0.4 is 21.7 Å². The summed E-state index contributed by atoms with van der Waals surface area (Å²) in [5.41, 5.74) is 7.54. The van der Waals surface area contributed by atoms with Crippen LogP contribution >= 0.6 is 15.9 Å². The van der Waals surface area contributed by atoms with Gasteiger partial charge in [0.15, 0.2) is 0 Å². The zero-order valence-electron chi connectivity index (χ0n) is 30.2. The highest BCUT2D eigenvalue weighted by atomic mass is 79.9. The zero-order valence-corrected chi connectivity index (χ0v) is 31.8. The van der Waals surface area contributed by atoms with Gasteiger partial charge in [0.1, 0.15) is 23.1 Å². The zero-order chi connectivity index (χ0) is 39.3. The Balaban J connectivity index is 1.71. The molecule has 16 heteroatoms. The molecule has 3 aromatic rings. The van der Waals surface area contributed by atoms with Crippen LogP contribution in [-0.4, -0.2) is 94.9 Å². The van der Waals surface area contributed by atoms with Gasteiger partial charge in [-0.05, 0) is 41.7 Å². The molecular formula is C37H47BrF2N6O7. The molecule has 0 aliphatic heterocycles. The van der Waals surface area contributed by atoms with E-state index in [-0.39, 0.29) is 44.6 Å². The number of esters is 1. The predicted molar refractivity (Wildman–Crippen MR) is 197 cm³/mol. The number of alkyl halides is 1. The molecule has 13 nitrogen and oxygen atoms in total. The lowest BCUT2D eigenvalue weighted by Crippen LogP contribution is -2.48. The van der Waals surface area contributed by atoms with Gasteiger partial charge in [-0.2, -0.15) is 0 Å². The molecule has 0 bridgehead atoms. The molecule has 1 aromatic heterocycles. The Morgan fingerprint density at radius 3 is 2.30 bits per heavy atom. The second-order valence-electron chi connectivity index (χ2n) is 13.4.